The molecular weight excluding hydrogens is 266 g/mol. The van der Waals surface area contributed by atoms with Crippen LogP contribution in [0.5, 0.6) is 0 Å². The molecule has 1 aliphatic rings. The molecule has 2 rings (SSSR count). The number of hydrogen-bond donors (Lipinski definition) is 0. The normalized spacial score (nSPS) is 22.4. The molecule has 0 bridgehead atoms. The van der Waals surface area contributed by atoms with Crippen LogP contribution < -0.4 is 0 Å². The second-order valence-electron chi connectivity index (χ2n) is 4.34. The Hall–Kier alpha value is -1.66. The molecule has 1 unspecified atom stereocenters. The zero-order valence-corrected chi connectivity index (χ0v) is 11.6. The number of sulfonamides is 1. The Morgan fingerprint density at radius 3 is 2.58 bits per heavy atom. The monoisotopic (exact) mass is 281 g/mol. The van der Waals surface area contributed by atoms with Gasteiger partial charge in [0, 0.05) is 12.6 Å². The maximum absolute atomic E-state index is 12.2. The molecule has 0 aliphatic carbocycles. The minimum Gasteiger partial charge on any atom is -0.466 e. The van der Waals surface area contributed by atoms with Crippen molar-refractivity contribution in [1.29, 1.82) is 0 Å². The number of nitrogens with zero attached hydrogens (tertiary/aromatic N) is 1. The van der Waals surface area contributed by atoms with Gasteiger partial charge in [-0.2, -0.15) is 4.31 Å². The molecule has 0 amide bonds. The first kappa shape index (κ1) is 13.8. The Labute approximate surface area is 112 Å². The van der Waals surface area contributed by atoms with Crippen LogP contribution in [0.1, 0.15) is 5.56 Å². The van der Waals surface area contributed by atoms with Gasteiger partial charge in [0.25, 0.3) is 0 Å². The summed E-state index contributed by atoms with van der Waals surface area (Å²) >= 11 is 0. The van der Waals surface area contributed by atoms with Crippen molar-refractivity contribution in [2.75, 3.05) is 13.7 Å². The average molecular weight is 281 g/mol. The molecule has 5 nitrogen and oxygen atoms in total. The third-order valence-electron chi connectivity index (χ3n) is 2.89. The number of rotatable bonds is 4. The lowest BCUT2D eigenvalue weighted by molar-refractivity contribution is -0.134. The maximum Gasteiger partial charge on any atom is 0.330 e. The first-order valence-corrected chi connectivity index (χ1v) is 7.24. The Morgan fingerprint density at radius 1 is 1.37 bits per heavy atom. The minimum absolute atomic E-state index is 0.259. The smallest absolute Gasteiger partial charge is 0.330 e. The van der Waals surface area contributed by atoms with Gasteiger partial charge >= 0.3 is 5.97 Å². The van der Waals surface area contributed by atoms with Gasteiger partial charge in [0.1, 0.15) is 0 Å². The van der Waals surface area contributed by atoms with Crippen molar-refractivity contribution >= 4 is 16.0 Å². The van der Waals surface area contributed by atoms with Crippen molar-refractivity contribution in [2.24, 2.45) is 0 Å². The summed E-state index contributed by atoms with van der Waals surface area (Å²) in [5.41, 5.74) is 1.01. The summed E-state index contributed by atoms with van der Waals surface area (Å²) < 4.78 is 30.2. The molecule has 2 atom stereocenters. The molecule has 1 aromatic rings. The van der Waals surface area contributed by atoms with Gasteiger partial charge in [0.05, 0.1) is 18.0 Å². The first-order chi connectivity index (χ1) is 8.95. The molecule has 0 spiro atoms. The van der Waals surface area contributed by atoms with Crippen molar-refractivity contribution in [1.82, 2.24) is 4.31 Å². The Balaban J connectivity index is 2.09. The van der Waals surface area contributed by atoms with Gasteiger partial charge < -0.3 is 4.74 Å². The molecule has 0 saturated carbocycles. The summed E-state index contributed by atoms with van der Waals surface area (Å²) in [6.45, 7) is 2.29. The highest BCUT2D eigenvalue weighted by molar-refractivity contribution is 7.89. The van der Waals surface area contributed by atoms with Gasteiger partial charge in [-0.15, -0.1) is 0 Å². The van der Waals surface area contributed by atoms with Crippen LogP contribution in [-0.2, 0) is 19.6 Å². The second-order valence-corrected chi connectivity index (χ2v) is 6.23. The van der Waals surface area contributed by atoms with Crippen molar-refractivity contribution in [3.05, 3.63) is 42.0 Å². The SMILES string of the molecule is COC(=O)/C=C/[C@@H]1CN1S(=O)(=O)c1ccc(C)cc1. The van der Waals surface area contributed by atoms with Crippen molar-refractivity contribution < 1.29 is 17.9 Å². The Kier molecular flexibility index (Phi) is 3.73. The minimum atomic E-state index is -3.46. The fraction of sp³-hybridized carbons (Fsp3) is 0.308. The summed E-state index contributed by atoms with van der Waals surface area (Å²) in [7, 11) is -2.18. The van der Waals surface area contributed by atoms with Crippen LogP contribution in [0.15, 0.2) is 41.3 Å². The van der Waals surface area contributed by atoms with E-state index >= 15 is 0 Å². The van der Waals surface area contributed by atoms with Gasteiger partial charge in [-0.05, 0) is 19.1 Å². The van der Waals surface area contributed by atoms with Gasteiger partial charge in [-0.1, -0.05) is 23.8 Å². The van der Waals surface area contributed by atoms with E-state index in [9.17, 15) is 13.2 Å². The molecule has 1 heterocycles. The number of hydrogen-bond acceptors (Lipinski definition) is 4. The van der Waals surface area contributed by atoms with Crippen molar-refractivity contribution in [3.8, 4) is 0 Å². The fourth-order valence-electron chi connectivity index (χ4n) is 1.67. The largest absolute Gasteiger partial charge is 0.466 e. The Morgan fingerprint density at radius 2 is 2.00 bits per heavy atom. The van der Waals surface area contributed by atoms with E-state index in [1.807, 2.05) is 6.92 Å². The molecule has 1 aromatic carbocycles. The van der Waals surface area contributed by atoms with Gasteiger partial charge in [0.15, 0.2) is 0 Å². The topological polar surface area (TPSA) is 63.5 Å². The van der Waals surface area contributed by atoms with Gasteiger partial charge in [0.2, 0.25) is 10.0 Å². The predicted molar refractivity (Wildman–Crippen MR) is 70.0 cm³/mol. The fourth-order valence-corrected chi connectivity index (χ4v) is 3.20. The molecule has 0 aromatic heterocycles. The number of esters is 1. The molecule has 6 heteroatoms. The molecule has 1 fully saturated rings. The highest BCUT2D eigenvalue weighted by Crippen LogP contribution is 2.29. The van der Waals surface area contributed by atoms with E-state index in [2.05, 4.69) is 4.74 Å². The summed E-state index contributed by atoms with van der Waals surface area (Å²) in [6.07, 6.45) is 2.78. The van der Waals surface area contributed by atoms with Gasteiger partial charge in [-0.25, -0.2) is 13.2 Å². The van der Waals surface area contributed by atoms with E-state index in [1.54, 1.807) is 24.3 Å². The molecule has 102 valence electrons. The highest BCUT2D eigenvalue weighted by Gasteiger charge is 2.42. The van der Waals surface area contributed by atoms with Crippen LogP contribution in [0.3, 0.4) is 0 Å². The van der Waals surface area contributed by atoms with E-state index in [4.69, 9.17) is 0 Å². The number of aryl methyl sites for hydroxylation is 1. The van der Waals surface area contributed by atoms with Gasteiger partial charge in [-0.3, -0.25) is 0 Å². The second kappa shape index (κ2) is 5.14. The summed E-state index contributed by atoms with van der Waals surface area (Å²) in [6, 6.07) is 6.44. The van der Waals surface area contributed by atoms with E-state index in [-0.39, 0.29) is 10.9 Å². The summed E-state index contributed by atoms with van der Waals surface area (Å²) in [5.74, 6) is -0.486. The summed E-state index contributed by atoms with van der Waals surface area (Å²) in [4.78, 5) is 11.2. The maximum atomic E-state index is 12.2. The lowest BCUT2D eigenvalue weighted by atomic mass is 10.2. The van der Waals surface area contributed by atoms with E-state index < -0.39 is 16.0 Å². The van der Waals surface area contributed by atoms with E-state index in [0.717, 1.165) is 5.56 Å². The number of methoxy groups -OCH3 is 1. The van der Waals surface area contributed by atoms with Crippen molar-refractivity contribution in [3.63, 3.8) is 0 Å². The number of ether oxygens (including phenoxy) is 1. The van der Waals surface area contributed by atoms with Crippen LogP contribution in [0.2, 0.25) is 0 Å². The third-order valence-corrected chi connectivity index (χ3v) is 4.79. The lowest BCUT2D eigenvalue weighted by Crippen LogP contribution is -2.14. The number of carbonyl (C=O) groups excluding carboxylic acids is 1. The molecule has 0 N–H and O–H groups in total. The van der Waals surface area contributed by atoms with Crippen molar-refractivity contribution in [2.45, 2.75) is 17.9 Å². The molecular formula is C13H15NO4S. The summed E-state index contributed by atoms with van der Waals surface area (Å²) in [5, 5.41) is 0. The third kappa shape index (κ3) is 3.02. The molecule has 0 radical (unpaired) electrons. The van der Waals surface area contributed by atoms with Crippen LogP contribution in [0.25, 0.3) is 0 Å². The molecule has 19 heavy (non-hydrogen) atoms. The zero-order valence-electron chi connectivity index (χ0n) is 10.7. The van der Waals surface area contributed by atoms with E-state index in [1.165, 1.54) is 23.6 Å². The van der Waals surface area contributed by atoms with Crippen LogP contribution in [-0.4, -0.2) is 38.4 Å². The standard InChI is InChI=1S/C13H15NO4S/c1-10-3-6-12(7-4-10)19(16,17)14-9-11(14)5-8-13(15)18-2/h3-8,11H,9H2,1-2H3/b8-5+/t11-,14?/m1/s1. The first-order valence-electron chi connectivity index (χ1n) is 5.80. The number of benzene rings is 1. The quantitative estimate of drug-likeness (QED) is 0.471. The predicted octanol–water partition coefficient (Wildman–Crippen LogP) is 1.10. The highest BCUT2D eigenvalue weighted by atomic mass is 32.2. The average Bonchev–Trinajstić information content (AvgIpc) is 3.16. The van der Waals surface area contributed by atoms with E-state index in [0.29, 0.717) is 6.54 Å². The number of carbonyl (C=O) groups is 1. The molecule has 1 saturated heterocycles. The lowest BCUT2D eigenvalue weighted by Gasteiger charge is -2.05. The van der Waals surface area contributed by atoms with Crippen LogP contribution in [0.4, 0.5) is 0 Å². The van der Waals surface area contributed by atoms with Crippen LogP contribution in [0, 0.1) is 6.92 Å². The molecule has 1 aliphatic heterocycles. The van der Waals surface area contributed by atoms with Crippen LogP contribution >= 0.6 is 0 Å². The zero-order chi connectivity index (χ0) is 14.0. The Bertz CT molecular complexity index is 604.